The van der Waals surface area contributed by atoms with Crippen LogP contribution in [0.2, 0.25) is 0 Å². The second-order valence-electron chi connectivity index (χ2n) is 4.22. The lowest BCUT2D eigenvalue weighted by atomic mass is 9.81. The third-order valence-corrected chi connectivity index (χ3v) is 3.13. The van der Waals surface area contributed by atoms with Crippen LogP contribution in [0.5, 0.6) is 5.75 Å². The fraction of sp³-hybridized carbons (Fsp3) is 0.385. The average molecular weight is 234 g/mol. The standard InChI is InChI=1S/C13H14O4/c1-17-10-4-5-11-8(6-10)2-3-9(13(11)16)7-12(14)15/h4-6,9H,2-3,7H2,1H3,(H,14,15)/t9-/m0/s1. The monoisotopic (exact) mass is 234 g/mol. The number of aryl methyl sites for hydroxylation is 1. The van der Waals surface area contributed by atoms with E-state index >= 15 is 0 Å². The average Bonchev–Trinajstić information content (AvgIpc) is 2.32. The summed E-state index contributed by atoms with van der Waals surface area (Å²) in [6, 6.07) is 5.31. The molecule has 0 heterocycles. The van der Waals surface area contributed by atoms with Crippen LogP contribution in [-0.4, -0.2) is 24.0 Å². The van der Waals surface area contributed by atoms with E-state index in [1.165, 1.54) is 0 Å². The third-order valence-electron chi connectivity index (χ3n) is 3.13. The van der Waals surface area contributed by atoms with Gasteiger partial charge in [-0.15, -0.1) is 0 Å². The molecule has 0 saturated carbocycles. The molecule has 0 bridgehead atoms. The molecule has 1 aromatic carbocycles. The number of hydrogen-bond acceptors (Lipinski definition) is 3. The van der Waals surface area contributed by atoms with Crippen LogP contribution in [0.25, 0.3) is 0 Å². The maximum absolute atomic E-state index is 12.0. The van der Waals surface area contributed by atoms with E-state index in [-0.39, 0.29) is 18.1 Å². The van der Waals surface area contributed by atoms with Crippen LogP contribution in [0.15, 0.2) is 18.2 Å². The number of carboxylic acids is 1. The van der Waals surface area contributed by atoms with Gasteiger partial charge in [0.25, 0.3) is 0 Å². The fourth-order valence-corrected chi connectivity index (χ4v) is 2.23. The molecular weight excluding hydrogens is 220 g/mol. The molecule has 4 heteroatoms. The highest BCUT2D eigenvalue weighted by Crippen LogP contribution is 2.30. The second kappa shape index (κ2) is 4.57. The summed E-state index contributed by atoms with van der Waals surface area (Å²) < 4.78 is 5.10. The van der Waals surface area contributed by atoms with E-state index in [1.54, 1.807) is 19.2 Å². The van der Waals surface area contributed by atoms with Crippen molar-refractivity contribution in [3.8, 4) is 5.75 Å². The summed E-state index contributed by atoms with van der Waals surface area (Å²) in [7, 11) is 1.58. The molecule has 2 rings (SSSR count). The first-order chi connectivity index (χ1) is 8.11. The van der Waals surface area contributed by atoms with Crippen LogP contribution in [0, 0.1) is 5.92 Å². The summed E-state index contributed by atoms with van der Waals surface area (Å²) in [6.45, 7) is 0. The van der Waals surface area contributed by atoms with E-state index in [4.69, 9.17) is 9.84 Å². The number of hydrogen-bond donors (Lipinski definition) is 1. The Hall–Kier alpha value is -1.84. The van der Waals surface area contributed by atoms with Gasteiger partial charge in [-0.2, -0.15) is 0 Å². The molecule has 1 N–H and O–H groups in total. The van der Waals surface area contributed by atoms with Gasteiger partial charge in [-0.25, -0.2) is 0 Å². The highest BCUT2D eigenvalue weighted by atomic mass is 16.5. The Balaban J connectivity index is 2.27. The minimum absolute atomic E-state index is 0.0590. The van der Waals surface area contributed by atoms with Crippen molar-refractivity contribution in [2.75, 3.05) is 7.11 Å². The second-order valence-corrected chi connectivity index (χ2v) is 4.22. The molecule has 1 atom stereocenters. The first-order valence-corrected chi connectivity index (χ1v) is 5.54. The van der Waals surface area contributed by atoms with Crippen LogP contribution in [-0.2, 0) is 11.2 Å². The van der Waals surface area contributed by atoms with Crippen LogP contribution in [0.4, 0.5) is 0 Å². The molecule has 1 aliphatic rings. The molecule has 0 spiro atoms. The predicted molar refractivity (Wildman–Crippen MR) is 61.4 cm³/mol. The smallest absolute Gasteiger partial charge is 0.304 e. The minimum atomic E-state index is -0.916. The molecule has 1 aromatic rings. The van der Waals surface area contributed by atoms with E-state index in [9.17, 15) is 9.59 Å². The van der Waals surface area contributed by atoms with Crippen molar-refractivity contribution in [2.45, 2.75) is 19.3 Å². The number of benzene rings is 1. The molecule has 0 fully saturated rings. The minimum Gasteiger partial charge on any atom is -0.497 e. The maximum Gasteiger partial charge on any atom is 0.304 e. The van der Waals surface area contributed by atoms with E-state index in [0.717, 1.165) is 17.7 Å². The Kier molecular flexibility index (Phi) is 3.13. The van der Waals surface area contributed by atoms with Gasteiger partial charge in [-0.05, 0) is 36.6 Å². The van der Waals surface area contributed by atoms with Gasteiger partial charge in [0.2, 0.25) is 0 Å². The summed E-state index contributed by atoms with van der Waals surface area (Å²) in [4.78, 5) is 22.7. The molecule has 0 aromatic heterocycles. The number of ether oxygens (including phenoxy) is 1. The quantitative estimate of drug-likeness (QED) is 0.867. The number of carbonyl (C=O) groups is 2. The van der Waals surface area contributed by atoms with Crippen molar-refractivity contribution in [2.24, 2.45) is 5.92 Å². The van der Waals surface area contributed by atoms with Gasteiger partial charge < -0.3 is 9.84 Å². The zero-order chi connectivity index (χ0) is 12.4. The molecule has 0 unspecified atom stereocenters. The van der Waals surface area contributed by atoms with Crippen LogP contribution in [0.1, 0.15) is 28.8 Å². The summed E-state index contributed by atoms with van der Waals surface area (Å²) in [5.41, 5.74) is 1.60. The van der Waals surface area contributed by atoms with Gasteiger partial charge in [-0.3, -0.25) is 9.59 Å². The number of aliphatic carboxylic acids is 1. The number of carbonyl (C=O) groups excluding carboxylic acids is 1. The summed E-state index contributed by atoms with van der Waals surface area (Å²) in [6.07, 6.45) is 1.26. The first kappa shape index (κ1) is 11.6. The first-order valence-electron chi connectivity index (χ1n) is 5.54. The lowest BCUT2D eigenvalue weighted by Gasteiger charge is -2.22. The normalized spacial score (nSPS) is 18.6. The van der Waals surface area contributed by atoms with Crippen molar-refractivity contribution in [3.63, 3.8) is 0 Å². The lowest BCUT2D eigenvalue weighted by molar-refractivity contribution is -0.137. The van der Waals surface area contributed by atoms with Crippen LogP contribution < -0.4 is 4.74 Å². The van der Waals surface area contributed by atoms with Gasteiger partial charge >= 0.3 is 5.97 Å². The number of methoxy groups -OCH3 is 1. The molecule has 1 aliphatic carbocycles. The number of ketones is 1. The topological polar surface area (TPSA) is 63.6 Å². The Labute approximate surface area is 99.2 Å². The van der Waals surface area contributed by atoms with E-state index in [1.807, 2.05) is 6.07 Å². The molecule has 17 heavy (non-hydrogen) atoms. The Bertz CT molecular complexity index is 464. The molecule has 4 nitrogen and oxygen atoms in total. The molecule has 0 amide bonds. The third kappa shape index (κ3) is 2.30. The predicted octanol–water partition coefficient (Wildman–Crippen LogP) is 1.92. The SMILES string of the molecule is COc1ccc2c(c1)CC[C@@H](CC(=O)O)C2=O. The summed E-state index contributed by atoms with van der Waals surface area (Å²) in [5, 5.41) is 8.74. The van der Waals surface area contributed by atoms with Crippen molar-refractivity contribution in [1.29, 1.82) is 0 Å². The Morgan fingerprint density at radius 3 is 2.94 bits per heavy atom. The molecule has 90 valence electrons. The summed E-state index contributed by atoms with van der Waals surface area (Å²) >= 11 is 0. The number of rotatable bonds is 3. The molecule has 0 saturated heterocycles. The Morgan fingerprint density at radius 1 is 1.53 bits per heavy atom. The molecule has 0 radical (unpaired) electrons. The van der Waals surface area contributed by atoms with Crippen LogP contribution in [0.3, 0.4) is 0 Å². The van der Waals surface area contributed by atoms with Crippen molar-refractivity contribution >= 4 is 11.8 Å². The van der Waals surface area contributed by atoms with Gasteiger partial charge in [0, 0.05) is 11.5 Å². The Morgan fingerprint density at radius 2 is 2.29 bits per heavy atom. The van der Waals surface area contributed by atoms with Gasteiger partial charge in [0.15, 0.2) is 5.78 Å². The maximum atomic E-state index is 12.0. The van der Waals surface area contributed by atoms with Crippen molar-refractivity contribution in [1.82, 2.24) is 0 Å². The highest BCUT2D eigenvalue weighted by molar-refractivity contribution is 6.01. The number of Topliss-reactive ketones (excluding diaryl/α,β-unsaturated/α-hetero) is 1. The molecular formula is C13H14O4. The van der Waals surface area contributed by atoms with Crippen molar-refractivity contribution < 1.29 is 19.4 Å². The van der Waals surface area contributed by atoms with E-state index in [2.05, 4.69) is 0 Å². The van der Waals surface area contributed by atoms with Crippen LogP contribution >= 0.6 is 0 Å². The highest BCUT2D eigenvalue weighted by Gasteiger charge is 2.29. The van der Waals surface area contributed by atoms with Gasteiger partial charge in [0.1, 0.15) is 5.75 Å². The summed E-state index contributed by atoms with van der Waals surface area (Å²) in [5.74, 6) is -0.627. The van der Waals surface area contributed by atoms with Gasteiger partial charge in [0.05, 0.1) is 13.5 Å². The largest absolute Gasteiger partial charge is 0.497 e. The van der Waals surface area contributed by atoms with Crippen molar-refractivity contribution in [3.05, 3.63) is 29.3 Å². The number of carboxylic acid groups (broad SMARTS) is 1. The number of fused-ring (bicyclic) bond motifs is 1. The molecule has 0 aliphatic heterocycles. The zero-order valence-corrected chi connectivity index (χ0v) is 9.60. The van der Waals surface area contributed by atoms with E-state index in [0.29, 0.717) is 12.0 Å². The zero-order valence-electron chi connectivity index (χ0n) is 9.60. The van der Waals surface area contributed by atoms with E-state index < -0.39 is 5.97 Å². The van der Waals surface area contributed by atoms with Gasteiger partial charge in [-0.1, -0.05) is 0 Å². The lowest BCUT2D eigenvalue weighted by Crippen LogP contribution is -2.24. The fourth-order valence-electron chi connectivity index (χ4n) is 2.23.